The number of carbonyl (C=O) groups is 1. The van der Waals surface area contributed by atoms with Crippen LogP contribution in [0, 0.1) is 0 Å². The molecule has 112 valence electrons. The van der Waals surface area contributed by atoms with Gasteiger partial charge in [0.2, 0.25) is 0 Å². The van der Waals surface area contributed by atoms with Crippen LogP contribution >= 0.6 is 0 Å². The number of nitrogens with zero attached hydrogens (tertiary/aromatic N) is 2. The molecule has 0 aliphatic rings. The SMILES string of the molecule is CCCc1cccc(-n2nc(C(C)(C)C)cc2C(=O)O)c1. The number of aromatic nitrogens is 2. The van der Waals surface area contributed by atoms with Crippen LogP contribution in [-0.2, 0) is 11.8 Å². The first-order valence-electron chi connectivity index (χ1n) is 7.26. The zero-order valence-corrected chi connectivity index (χ0v) is 13.1. The molecule has 1 N–H and O–H groups in total. The van der Waals surface area contributed by atoms with Gasteiger partial charge in [0.25, 0.3) is 0 Å². The molecule has 2 rings (SSSR count). The third-order valence-electron chi connectivity index (χ3n) is 3.39. The third-order valence-corrected chi connectivity index (χ3v) is 3.39. The van der Waals surface area contributed by atoms with E-state index in [-0.39, 0.29) is 11.1 Å². The average molecular weight is 286 g/mol. The molecule has 0 saturated heterocycles. The van der Waals surface area contributed by atoms with Gasteiger partial charge in [0, 0.05) is 5.41 Å². The summed E-state index contributed by atoms with van der Waals surface area (Å²) < 4.78 is 1.53. The van der Waals surface area contributed by atoms with Crippen LogP contribution in [0.5, 0.6) is 0 Å². The second-order valence-electron chi connectivity index (χ2n) is 6.30. The number of carboxylic acid groups (broad SMARTS) is 1. The summed E-state index contributed by atoms with van der Waals surface area (Å²) in [6.07, 6.45) is 2.03. The minimum absolute atomic E-state index is 0.184. The van der Waals surface area contributed by atoms with Gasteiger partial charge in [-0.1, -0.05) is 46.2 Å². The smallest absolute Gasteiger partial charge is 0.354 e. The molecular formula is C17H22N2O2. The van der Waals surface area contributed by atoms with Crippen molar-refractivity contribution in [3.05, 3.63) is 47.3 Å². The molecule has 0 atom stereocenters. The van der Waals surface area contributed by atoms with Crippen LogP contribution in [0.15, 0.2) is 30.3 Å². The van der Waals surface area contributed by atoms with E-state index in [1.54, 1.807) is 6.07 Å². The lowest BCUT2D eigenvalue weighted by molar-refractivity contribution is 0.0687. The summed E-state index contributed by atoms with van der Waals surface area (Å²) in [5.41, 5.74) is 2.79. The van der Waals surface area contributed by atoms with Gasteiger partial charge in [-0.2, -0.15) is 5.10 Å². The van der Waals surface area contributed by atoms with Crippen molar-refractivity contribution >= 4 is 5.97 Å². The van der Waals surface area contributed by atoms with Gasteiger partial charge in [-0.25, -0.2) is 9.48 Å². The zero-order chi connectivity index (χ0) is 15.6. The quantitative estimate of drug-likeness (QED) is 0.929. The molecule has 0 fully saturated rings. The van der Waals surface area contributed by atoms with Crippen molar-refractivity contribution in [3.63, 3.8) is 0 Å². The molecule has 0 spiro atoms. The number of carboxylic acids is 1. The van der Waals surface area contributed by atoms with Crippen molar-refractivity contribution in [3.8, 4) is 5.69 Å². The van der Waals surface area contributed by atoms with Crippen LogP contribution < -0.4 is 0 Å². The molecule has 0 bridgehead atoms. The van der Waals surface area contributed by atoms with Gasteiger partial charge in [-0.05, 0) is 30.2 Å². The number of aryl methyl sites for hydroxylation is 1. The molecule has 1 aromatic carbocycles. The highest BCUT2D eigenvalue weighted by Gasteiger charge is 2.23. The van der Waals surface area contributed by atoms with E-state index in [0.717, 1.165) is 24.2 Å². The van der Waals surface area contributed by atoms with Gasteiger partial charge >= 0.3 is 5.97 Å². The van der Waals surface area contributed by atoms with Gasteiger partial charge in [0.15, 0.2) is 5.69 Å². The molecule has 0 unspecified atom stereocenters. The molecule has 1 aromatic heterocycles. The molecule has 0 aliphatic heterocycles. The van der Waals surface area contributed by atoms with E-state index in [9.17, 15) is 9.90 Å². The maximum atomic E-state index is 11.5. The van der Waals surface area contributed by atoms with Crippen LogP contribution in [0.1, 0.15) is 55.9 Å². The fourth-order valence-electron chi connectivity index (χ4n) is 2.23. The van der Waals surface area contributed by atoms with Crippen LogP contribution in [-0.4, -0.2) is 20.9 Å². The second kappa shape index (κ2) is 5.72. The summed E-state index contributed by atoms with van der Waals surface area (Å²) >= 11 is 0. The van der Waals surface area contributed by atoms with Crippen molar-refractivity contribution in [2.75, 3.05) is 0 Å². The van der Waals surface area contributed by atoms with E-state index in [1.807, 2.05) is 39.0 Å². The predicted molar refractivity (Wildman–Crippen MR) is 83.2 cm³/mol. The molecule has 4 nitrogen and oxygen atoms in total. The maximum Gasteiger partial charge on any atom is 0.354 e. The summed E-state index contributed by atoms with van der Waals surface area (Å²) in [5, 5.41) is 13.9. The van der Waals surface area contributed by atoms with E-state index < -0.39 is 5.97 Å². The Morgan fingerprint density at radius 1 is 1.29 bits per heavy atom. The van der Waals surface area contributed by atoms with Crippen LogP contribution in [0.25, 0.3) is 5.69 Å². The van der Waals surface area contributed by atoms with E-state index in [4.69, 9.17) is 0 Å². The van der Waals surface area contributed by atoms with E-state index in [0.29, 0.717) is 0 Å². The Hall–Kier alpha value is -2.10. The number of benzene rings is 1. The maximum absolute atomic E-state index is 11.5. The first-order chi connectivity index (χ1) is 9.82. The monoisotopic (exact) mass is 286 g/mol. The first-order valence-corrected chi connectivity index (χ1v) is 7.26. The van der Waals surface area contributed by atoms with Gasteiger partial charge in [-0.15, -0.1) is 0 Å². The first kappa shape index (κ1) is 15.3. The molecule has 0 amide bonds. The molecule has 1 heterocycles. The third kappa shape index (κ3) is 3.32. The van der Waals surface area contributed by atoms with Gasteiger partial charge < -0.3 is 5.11 Å². The Labute approximate surface area is 125 Å². The zero-order valence-electron chi connectivity index (χ0n) is 13.1. The minimum Gasteiger partial charge on any atom is -0.477 e. The largest absolute Gasteiger partial charge is 0.477 e. The van der Waals surface area contributed by atoms with Crippen LogP contribution in [0.3, 0.4) is 0 Å². The van der Waals surface area contributed by atoms with Crippen molar-refractivity contribution in [1.29, 1.82) is 0 Å². The Bertz CT molecular complexity index is 651. The predicted octanol–water partition coefficient (Wildman–Crippen LogP) is 3.82. The molecule has 4 heteroatoms. The Morgan fingerprint density at radius 2 is 2.00 bits per heavy atom. The van der Waals surface area contributed by atoms with E-state index >= 15 is 0 Å². The molecule has 2 aromatic rings. The molecular weight excluding hydrogens is 264 g/mol. The van der Waals surface area contributed by atoms with Crippen molar-refractivity contribution in [1.82, 2.24) is 9.78 Å². The summed E-state index contributed by atoms with van der Waals surface area (Å²) in [7, 11) is 0. The number of hydrogen-bond donors (Lipinski definition) is 1. The standard InChI is InChI=1S/C17H22N2O2/c1-5-7-12-8-6-9-13(10-12)19-14(16(20)21)11-15(18-19)17(2,3)4/h6,8-11H,5,7H2,1-4H3,(H,20,21). The summed E-state index contributed by atoms with van der Waals surface area (Å²) in [5.74, 6) is -0.959. The van der Waals surface area contributed by atoms with Crippen molar-refractivity contribution in [2.24, 2.45) is 0 Å². The average Bonchev–Trinajstić information content (AvgIpc) is 2.84. The Morgan fingerprint density at radius 3 is 2.57 bits per heavy atom. The summed E-state index contributed by atoms with van der Waals surface area (Å²) in [6, 6.07) is 9.57. The molecule has 0 saturated carbocycles. The number of aromatic carboxylic acids is 1. The number of rotatable bonds is 4. The lowest BCUT2D eigenvalue weighted by atomic mass is 9.92. The lowest BCUT2D eigenvalue weighted by Crippen LogP contribution is -2.13. The van der Waals surface area contributed by atoms with Crippen LogP contribution in [0.4, 0.5) is 0 Å². The second-order valence-corrected chi connectivity index (χ2v) is 6.30. The van der Waals surface area contributed by atoms with Crippen LogP contribution in [0.2, 0.25) is 0 Å². The van der Waals surface area contributed by atoms with E-state index in [1.165, 1.54) is 10.2 Å². The Kier molecular flexibility index (Phi) is 4.16. The lowest BCUT2D eigenvalue weighted by Gasteiger charge is -2.14. The summed E-state index contributed by atoms with van der Waals surface area (Å²) in [6.45, 7) is 8.21. The van der Waals surface area contributed by atoms with E-state index in [2.05, 4.69) is 18.1 Å². The highest BCUT2D eigenvalue weighted by Crippen LogP contribution is 2.24. The summed E-state index contributed by atoms with van der Waals surface area (Å²) in [4.78, 5) is 11.5. The highest BCUT2D eigenvalue weighted by molar-refractivity contribution is 5.86. The van der Waals surface area contributed by atoms with Crippen molar-refractivity contribution in [2.45, 2.75) is 46.0 Å². The topological polar surface area (TPSA) is 55.1 Å². The van der Waals surface area contributed by atoms with Gasteiger partial charge in [-0.3, -0.25) is 0 Å². The normalized spacial score (nSPS) is 11.6. The Balaban J connectivity index is 2.54. The van der Waals surface area contributed by atoms with Crippen molar-refractivity contribution < 1.29 is 9.90 Å². The fraction of sp³-hybridized carbons (Fsp3) is 0.412. The molecule has 21 heavy (non-hydrogen) atoms. The van der Waals surface area contributed by atoms with Gasteiger partial charge in [0.05, 0.1) is 11.4 Å². The minimum atomic E-state index is -0.959. The molecule has 0 radical (unpaired) electrons. The molecule has 0 aliphatic carbocycles. The number of hydrogen-bond acceptors (Lipinski definition) is 2. The highest BCUT2D eigenvalue weighted by atomic mass is 16.4. The fourth-order valence-corrected chi connectivity index (χ4v) is 2.23. The van der Waals surface area contributed by atoms with Gasteiger partial charge in [0.1, 0.15) is 0 Å².